The van der Waals surface area contributed by atoms with Crippen molar-refractivity contribution in [1.29, 1.82) is 0 Å². The van der Waals surface area contributed by atoms with Crippen molar-refractivity contribution in [3.8, 4) is 11.5 Å². The molecule has 0 aromatic heterocycles. The quantitative estimate of drug-likeness (QED) is 0.0748. The summed E-state index contributed by atoms with van der Waals surface area (Å²) in [7, 11) is -2.05. The Morgan fingerprint density at radius 3 is 2.04 bits per heavy atom. The summed E-state index contributed by atoms with van der Waals surface area (Å²) in [6, 6.07) is 28.4. The largest absolute Gasteiger partial charge is 0.375 e. The zero-order chi connectivity index (χ0) is 33.7. The van der Waals surface area contributed by atoms with Gasteiger partial charge in [0.05, 0.1) is 31.0 Å². The molecule has 3 aromatic carbocycles. The highest BCUT2D eigenvalue weighted by molar-refractivity contribution is 7.17. The van der Waals surface area contributed by atoms with Crippen molar-refractivity contribution in [3.05, 3.63) is 131 Å². The van der Waals surface area contributed by atoms with Crippen LogP contribution in [0.3, 0.4) is 0 Å². The molecule has 0 spiro atoms. The number of nitrogens with zero attached hydrogens (tertiary/aromatic N) is 1. The van der Waals surface area contributed by atoms with Crippen LogP contribution in [0.15, 0.2) is 114 Å². The Labute approximate surface area is 288 Å². The molecule has 4 nitrogen and oxygen atoms in total. The monoisotopic (exact) mass is 655 g/mol. The zero-order valence-electron chi connectivity index (χ0n) is 29.3. The summed E-state index contributed by atoms with van der Waals surface area (Å²) in [5.74, 6) is 3.45. The molecule has 0 atom stereocenters. The van der Waals surface area contributed by atoms with Gasteiger partial charge in [0.2, 0.25) is 8.07 Å². The molecule has 0 amide bonds. The Bertz CT molecular complexity index is 1750. The second kappa shape index (κ2) is 14.4. The van der Waals surface area contributed by atoms with Gasteiger partial charge in [-0.15, -0.1) is 5.54 Å². The standard InChI is InChI=1S/C43H49NO3Si/c1-41(2,25-29-45-28-16-32-48-39-23-14-12-21-37(39)43(48,5)38-22-13-15-24-40(38)48)46-30-26-42(3,4)47-31-27-44(33-35-17-8-6-9-18-35)34-36-19-10-7-11-20-36/h6,8-10,12-15,17-24H,25-31,33-34H2,1-5H3. The maximum atomic E-state index is 6.41. The highest BCUT2D eigenvalue weighted by Gasteiger charge is 2.71. The number of ether oxygens (including phenoxy) is 3. The van der Waals surface area contributed by atoms with Gasteiger partial charge in [0.15, 0.2) is 0 Å². The van der Waals surface area contributed by atoms with Crippen LogP contribution in [0.1, 0.15) is 64.2 Å². The molecule has 2 aliphatic heterocycles. The number of hydrogen-bond acceptors (Lipinski definition) is 4. The Hall–Kier alpha value is -3.68. The van der Waals surface area contributed by atoms with E-state index in [1.807, 2.05) is 12.2 Å². The molecule has 0 saturated carbocycles. The van der Waals surface area contributed by atoms with E-state index in [-0.39, 0.29) is 16.2 Å². The lowest BCUT2D eigenvalue weighted by Gasteiger charge is -2.63. The summed E-state index contributed by atoms with van der Waals surface area (Å²) in [6.07, 6.45) is 7.68. The first-order valence-electron chi connectivity index (χ1n) is 17.3. The Balaban J connectivity index is 0.922. The number of fused-ring (bicyclic) bond motifs is 7. The molecule has 0 radical (unpaired) electrons. The third-order valence-corrected chi connectivity index (χ3v) is 15.3. The van der Waals surface area contributed by atoms with Gasteiger partial charge in [0, 0.05) is 24.7 Å². The zero-order valence-corrected chi connectivity index (χ0v) is 30.3. The Morgan fingerprint density at radius 1 is 0.750 bits per heavy atom. The summed E-state index contributed by atoms with van der Waals surface area (Å²) in [4.78, 5) is 2.43. The van der Waals surface area contributed by atoms with E-state index in [2.05, 4.69) is 147 Å². The average molecular weight is 656 g/mol. The van der Waals surface area contributed by atoms with Crippen LogP contribution >= 0.6 is 0 Å². The van der Waals surface area contributed by atoms with Gasteiger partial charge in [-0.25, -0.2) is 0 Å². The number of benzene rings is 3. The first kappa shape index (κ1) is 34.2. The molecule has 2 heterocycles. The van der Waals surface area contributed by atoms with Crippen molar-refractivity contribution in [2.75, 3.05) is 39.5 Å². The van der Waals surface area contributed by atoms with Crippen LogP contribution in [-0.4, -0.2) is 63.7 Å². The number of allylic oxidation sites excluding steroid dienone is 2. The predicted octanol–water partition coefficient (Wildman–Crippen LogP) is 6.66. The summed E-state index contributed by atoms with van der Waals surface area (Å²) in [6.45, 7) is 15.9. The fourth-order valence-corrected chi connectivity index (χ4v) is 12.7. The van der Waals surface area contributed by atoms with E-state index in [0.29, 0.717) is 26.4 Å². The molecule has 0 bridgehead atoms. The van der Waals surface area contributed by atoms with E-state index in [0.717, 1.165) is 32.5 Å². The Morgan fingerprint density at radius 2 is 1.38 bits per heavy atom. The van der Waals surface area contributed by atoms with Crippen molar-refractivity contribution in [2.45, 2.75) is 70.2 Å². The molecule has 5 heteroatoms. The lowest BCUT2D eigenvalue weighted by atomic mass is 9.88. The molecule has 0 N–H and O–H groups in total. The second-order valence-electron chi connectivity index (χ2n) is 14.6. The van der Waals surface area contributed by atoms with Crippen LogP contribution in [-0.2, 0) is 25.8 Å². The van der Waals surface area contributed by atoms with Crippen molar-refractivity contribution in [3.63, 3.8) is 0 Å². The first-order chi connectivity index (χ1) is 23.1. The predicted molar refractivity (Wildman–Crippen MR) is 198 cm³/mol. The summed E-state index contributed by atoms with van der Waals surface area (Å²) in [5.41, 5.74) is 14.8. The average Bonchev–Trinajstić information content (AvgIpc) is 3.08. The van der Waals surface area contributed by atoms with E-state index in [1.54, 1.807) is 0 Å². The maximum Gasteiger partial charge on any atom is 0.214 e. The van der Waals surface area contributed by atoms with Gasteiger partial charge in [-0.1, -0.05) is 103 Å². The van der Waals surface area contributed by atoms with Gasteiger partial charge < -0.3 is 14.2 Å². The van der Waals surface area contributed by atoms with Gasteiger partial charge in [-0.3, -0.25) is 4.90 Å². The first-order valence-corrected chi connectivity index (χ1v) is 19.3. The summed E-state index contributed by atoms with van der Waals surface area (Å²) < 4.78 is 18.8. The molecular weight excluding hydrogens is 607 g/mol. The number of hydrogen-bond donors (Lipinski definition) is 0. The molecule has 0 unspecified atom stereocenters. The van der Waals surface area contributed by atoms with Crippen LogP contribution in [0.25, 0.3) is 0 Å². The van der Waals surface area contributed by atoms with E-state index in [9.17, 15) is 0 Å². The van der Waals surface area contributed by atoms with Crippen molar-refractivity contribution < 1.29 is 14.2 Å². The van der Waals surface area contributed by atoms with Crippen LogP contribution in [0, 0.1) is 11.5 Å². The summed E-state index contributed by atoms with van der Waals surface area (Å²) >= 11 is 0. The Kier molecular flexibility index (Phi) is 10.3. The van der Waals surface area contributed by atoms with Crippen molar-refractivity contribution in [1.82, 2.24) is 4.90 Å². The normalized spacial score (nSPS) is 20.2. The molecule has 1 aliphatic carbocycles. The smallest absolute Gasteiger partial charge is 0.214 e. The lowest BCUT2D eigenvalue weighted by Crippen LogP contribution is -2.88. The van der Waals surface area contributed by atoms with Crippen molar-refractivity contribution in [2.24, 2.45) is 0 Å². The van der Waals surface area contributed by atoms with E-state index < -0.39 is 8.07 Å². The van der Waals surface area contributed by atoms with Gasteiger partial charge in [-0.2, -0.15) is 0 Å². The van der Waals surface area contributed by atoms with E-state index in [4.69, 9.17) is 14.2 Å². The maximum absolute atomic E-state index is 6.41. The van der Waals surface area contributed by atoms with Gasteiger partial charge in [0.1, 0.15) is 6.61 Å². The molecular formula is C43H49NO3Si. The molecule has 3 aliphatic rings. The lowest BCUT2D eigenvalue weighted by molar-refractivity contribution is -0.0820. The minimum atomic E-state index is -2.05. The van der Waals surface area contributed by atoms with Gasteiger partial charge in [0.25, 0.3) is 0 Å². The van der Waals surface area contributed by atoms with E-state index >= 15 is 0 Å². The molecule has 248 valence electrons. The fourth-order valence-electron chi connectivity index (χ4n) is 7.43. The van der Waals surface area contributed by atoms with Gasteiger partial charge in [-0.05, 0) is 91.4 Å². The SMILES string of the molecule is CC(C)(CCOCC#C[Si]12c3ccccc3C1(C)c1ccccc12)OCCC(C)(C)OCCN(CC1=CC=C=C=C1)Cc1ccccc1. The molecule has 6 rings (SSSR count). The molecule has 48 heavy (non-hydrogen) atoms. The van der Waals surface area contributed by atoms with Crippen molar-refractivity contribution >= 4 is 18.4 Å². The third kappa shape index (κ3) is 7.04. The second-order valence-corrected chi connectivity index (χ2v) is 18.4. The highest BCUT2D eigenvalue weighted by Crippen LogP contribution is 2.53. The molecule has 0 fully saturated rings. The van der Waals surface area contributed by atoms with Crippen LogP contribution in [0.5, 0.6) is 0 Å². The highest BCUT2D eigenvalue weighted by atomic mass is 28.3. The third-order valence-electron chi connectivity index (χ3n) is 10.3. The minimum absolute atomic E-state index is 0.0992. The van der Waals surface area contributed by atoms with Crippen LogP contribution < -0.4 is 10.4 Å². The molecule has 3 aromatic rings. The molecule has 0 saturated heterocycles. The van der Waals surface area contributed by atoms with E-state index in [1.165, 1.54) is 32.6 Å². The minimum Gasteiger partial charge on any atom is -0.375 e. The topological polar surface area (TPSA) is 30.9 Å². The van der Waals surface area contributed by atoms with Crippen LogP contribution in [0.4, 0.5) is 0 Å². The summed E-state index contributed by atoms with van der Waals surface area (Å²) in [5, 5.41) is 3.06. The van der Waals surface area contributed by atoms with Crippen LogP contribution in [0.2, 0.25) is 0 Å². The fraction of sp³-hybridized carbons (Fsp3) is 0.395. The van der Waals surface area contributed by atoms with Gasteiger partial charge >= 0.3 is 0 Å². The number of rotatable bonds is 16.